The number of thioether (sulfide) groups is 1. The molecular weight excluding hydrogens is 268 g/mol. The van der Waals surface area contributed by atoms with Gasteiger partial charge < -0.3 is 5.32 Å². The number of hydrogen-bond donors (Lipinski definition) is 1. The predicted octanol–water partition coefficient (Wildman–Crippen LogP) is 3.60. The quantitative estimate of drug-likeness (QED) is 0.873. The van der Waals surface area contributed by atoms with Gasteiger partial charge in [-0.1, -0.05) is 24.3 Å². The van der Waals surface area contributed by atoms with E-state index in [9.17, 15) is 4.79 Å². The summed E-state index contributed by atoms with van der Waals surface area (Å²) in [5, 5.41) is 3.79. The third-order valence-electron chi connectivity index (χ3n) is 3.21. The number of amides is 1. The Labute approximate surface area is 123 Å². The van der Waals surface area contributed by atoms with Gasteiger partial charge in [0.1, 0.15) is 5.03 Å². The Morgan fingerprint density at radius 3 is 2.70 bits per heavy atom. The van der Waals surface area contributed by atoms with Crippen LogP contribution in [0.1, 0.15) is 34.5 Å². The molecule has 0 aliphatic carbocycles. The molecule has 1 aromatic carbocycles. The molecule has 1 heterocycles. The Balaban J connectivity index is 2.18. The van der Waals surface area contributed by atoms with Crippen LogP contribution in [0.4, 0.5) is 0 Å². The van der Waals surface area contributed by atoms with Gasteiger partial charge >= 0.3 is 0 Å². The molecule has 0 radical (unpaired) electrons. The van der Waals surface area contributed by atoms with E-state index < -0.39 is 0 Å². The van der Waals surface area contributed by atoms with E-state index in [1.54, 1.807) is 18.3 Å². The Bertz CT molecular complexity index is 613. The summed E-state index contributed by atoms with van der Waals surface area (Å²) in [4.78, 5) is 16.6. The van der Waals surface area contributed by atoms with E-state index in [1.165, 1.54) is 17.3 Å². The molecule has 0 aliphatic rings. The first-order valence-corrected chi connectivity index (χ1v) is 7.71. The van der Waals surface area contributed by atoms with Crippen molar-refractivity contribution >= 4 is 17.7 Å². The highest BCUT2D eigenvalue weighted by Gasteiger charge is 2.15. The van der Waals surface area contributed by atoms with Gasteiger partial charge in [0.15, 0.2) is 0 Å². The van der Waals surface area contributed by atoms with Gasteiger partial charge in [0, 0.05) is 6.20 Å². The molecule has 0 bridgehead atoms. The zero-order valence-corrected chi connectivity index (χ0v) is 12.7. The van der Waals surface area contributed by atoms with Gasteiger partial charge in [-0.25, -0.2) is 4.98 Å². The lowest BCUT2D eigenvalue weighted by Gasteiger charge is -2.17. The van der Waals surface area contributed by atoms with E-state index in [2.05, 4.69) is 23.3 Å². The van der Waals surface area contributed by atoms with Crippen molar-refractivity contribution in [1.82, 2.24) is 10.3 Å². The second kappa shape index (κ2) is 6.57. The lowest BCUT2D eigenvalue weighted by molar-refractivity contribution is 0.0936. The van der Waals surface area contributed by atoms with Gasteiger partial charge in [-0.2, -0.15) is 0 Å². The largest absolute Gasteiger partial charge is 0.345 e. The first-order valence-electron chi connectivity index (χ1n) is 6.49. The van der Waals surface area contributed by atoms with E-state index in [0.717, 1.165) is 10.6 Å². The van der Waals surface area contributed by atoms with Crippen LogP contribution in [0, 0.1) is 6.92 Å². The zero-order chi connectivity index (χ0) is 14.5. The Hall–Kier alpha value is -1.81. The fraction of sp³-hybridized carbons (Fsp3) is 0.250. The standard InChI is InChI=1S/C16H18N2OS/c1-11-7-4-5-8-13(11)12(2)18-15(19)14-9-6-10-17-16(14)20-3/h4-10,12H,1-3H3,(H,18,19)/t12-/m0/s1. The van der Waals surface area contributed by atoms with Crippen molar-refractivity contribution in [1.29, 1.82) is 0 Å². The van der Waals surface area contributed by atoms with E-state index in [-0.39, 0.29) is 11.9 Å². The van der Waals surface area contributed by atoms with E-state index >= 15 is 0 Å². The van der Waals surface area contributed by atoms with Crippen molar-refractivity contribution in [2.45, 2.75) is 24.9 Å². The number of pyridine rings is 1. The Morgan fingerprint density at radius 2 is 2.00 bits per heavy atom. The first-order chi connectivity index (χ1) is 9.63. The molecule has 1 atom stereocenters. The van der Waals surface area contributed by atoms with E-state index in [0.29, 0.717) is 5.56 Å². The monoisotopic (exact) mass is 286 g/mol. The van der Waals surface area contributed by atoms with Gasteiger partial charge in [0.2, 0.25) is 0 Å². The molecule has 0 fully saturated rings. The number of carbonyl (C=O) groups is 1. The lowest BCUT2D eigenvalue weighted by Crippen LogP contribution is -2.27. The molecule has 2 rings (SSSR count). The number of aromatic nitrogens is 1. The van der Waals surface area contributed by atoms with Crippen molar-refractivity contribution in [2.75, 3.05) is 6.26 Å². The minimum atomic E-state index is -0.0850. The summed E-state index contributed by atoms with van der Waals surface area (Å²) in [6.07, 6.45) is 3.62. The maximum absolute atomic E-state index is 12.4. The Morgan fingerprint density at radius 1 is 1.25 bits per heavy atom. The molecule has 4 heteroatoms. The third kappa shape index (κ3) is 3.20. The fourth-order valence-corrected chi connectivity index (χ4v) is 2.70. The minimum Gasteiger partial charge on any atom is -0.345 e. The zero-order valence-electron chi connectivity index (χ0n) is 11.9. The number of rotatable bonds is 4. The van der Waals surface area contributed by atoms with Crippen LogP contribution in [0.3, 0.4) is 0 Å². The molecule has 1 aromatic heterocycles. The molecular formula is C16H18N2OS. The molecule has 1 N–H and O–H groups in total. The summed E-state index contributed by atoms with van der Waals surface area (Å²) in [6, 6.07) is 11.6. The molecule has 0 unspecified atom stereocenters. The molecule has 104 valence electrons. The van der Waals surface area contributed by atoms with Crippen molar-refractivity contribution in [3.8, 4) is 0 Å². The third-order valence-corrected chi connectivity index (χ3v) is 3.92. The van der Waals surface area contributed by atoms with Crippen molar-refractivity contribution in [3.05, 3.63) is 59.3 Å². The van der Waals surface area contributed by atoms with Crippen molar-refractivity contribution in [3.63, 3.8) is 0 Å². The number of nitrogens with one attached hydrogen (secondary N) is 1. The van der Waals surface area contributed by atoms with Crippen molar-refractivity contribution < 1.29 is 4.79 Å². The van der Waals surface area contributed by atoms with Crippen LogP contribution in [0.5, 0.6) is 0 Å². The molecule has 3 nitrogen and oxygen atoms in total. The SMILES string of the molecule is CSc1ncccc1C(=O)N[C@@H](C)c1ccccc1C. The molecule has 0 saturated heterocycles. The van der Waals surface area contributed by atoms with Crippen LogP contribution in [-0.4, -0.2) is 17.1 Å². The molecule has 0 aliphatic heterocycles. The maximum Gasteiger partial charge on any atom is 0.254 e. The van der Waals surface area contributed by atoms with Crippen LogP contribution < -0.4 is 5.32 Å². The van der Waals surface area contributed by atoms with Gasteiger partial charge in [0.25, 0.3) is 5.91 Å². The smallest absolute Gasteiger partial charge is 0.254 e. The second-order valence-corrected chi connectivity index (χ2v) is 5.41. The summed E-state index contributed by atoms with van der Waals surface area (Å²) in [5.74, 6) is -0.0850. The fourth-order valence-electron chi connectivity index (χ4n) is 2.15. The number of aryl methyl sites for hydroxylation is 1. The number of hydrogen-bond acceptors (Lipinski definition) is 3. The maximum atomic E-state index is 12.4. The molecule has 0 spiro atoms. The van der Waals surface area contributed by atoms with Gasteiger partial charge in [-0.3, -0.25) is 4.79 Å². The molecule has 0 saturated carbocycles. The van der Waals surface area contributed by atoms with Crippen LogP contribution in [0.2, 0.25) is 0 Å². The minimum absolute atomic E-state index is 0.0291. The topological polar surface area (TPSA) is 42.0 Å². The average Bonchev–Trinajstić information content (AvgIpc) is 2.47. The normalized spacial score (nSPS) is 11.9. The number of carbonyl (C=O) groups excluding carboxylic acids is 1. The summed E-state index contributed by atoms with van der Waals surface area (Å²) in [6.45, 7) is 4.05. The van der Waals surface area contributed by atoms with Crippen LogP contribution >= 0.6 is 11.8 Å². The van der Waals surface area contributed by atoms with Crippen LogP contribution in [0.25, 0.3) is 0 Å². The van der Waals surface area contributed by atoms with Crippen LogP contribution in [-0.2, 0) is 0 Å². The summed E-state index contributed by atoms with van der Waals surface area (Å²) >= 11 is 1.48. The highest BCUT2D eigenvalue weighted by atomic mass is 32.2. The summed E-state index contributed by atoms with van der Waals surface area (Å²) in [5.41, 5.74) is 2.94. The number of benzene rings is 1. The second-order valence-electron chi connectivity index (χ2n) is 4.61. The Kier molecular flexibility index (Phi) is 4.79. The van der Waals surface area contributed by atoms with Crippen LogP contribution in [0.15, 0.2) is 47.6 Å². The summed E-state index contributed by atoms with van der Waals surface area (Å²) in [7, 11) is 0. The van der Waals surface area contributed by atoms with E-state index in [4.69, 9.17) is 0 Å². The van der Waals surface area contributed by atoms with E-state index in [1.807, 2.05) is 31.4 Å². The molecule has 1 amide bonds. The predicted molar refractivity (Wildman–Crippen MR) is 83.1 cm³/mol. The molecule has 20 heavy (non-hydrogen) atoms. The highest BCUT2D eigenvalue weighted by molar-refractivity contribution is 7.98. The number of nitrogens with zero attached hydrogens (tertiary/aromatic N) is 1. The first kappa shape index (κ1) is 14.6. The lowest BCUT2D eigenvalue weighted by atomic mass is 10.0. The van der Waals surface area contributed by atoms with Gasteiger partial charge in [-0.05, 0) is 43.4 Å². The van der Waals surface area contributed by atoms with Gasteiger partial charge in [0.05, 0.1) is 11.6 Å². The van der Waals surface area contributed by atoms with Crippen molar-refractivity contribution in [2.24, 2.45) is 0 Å². The van der Waals surface area contributed by atoms with Gasteiger partial charge in [-0.15, -0.1) is 11.8 Å². The highest BCUT2D eigenvalue weighted by Crippen LogP contribution is 2.20. The molecule has 2 aromatic rings. The average molecular weight is 286 g/mol. The summed E-state index contributed by atoms with van der Waals surface area (Å²) < 4.78 is 0.